The fourth-order valence-electron chi connectivity index (χ4n) is 3.47. The summed E-state index contributed by atoms with van der Waals surface area (Å²) >= 11 is 0. The van der Waals surface area contributed by atoms with E-state index in [1.165, 1.54) is 6.20 Å². The highest BCUT2D eigenvalue weighted by Gasteiger charge is 2.24. The number of anilines is 2. The van der Waals surface area contributed by atoms with Gasteiger partial charge in [0.2, 0.25) is 5.95 Å². The van der Waals surface area contributed by atoms with Gasteiger partial charge in [0.25, 0.3) is 5.91 Å². The predicted molar refractivity (Wildman–Crippen MR) is 96.1 cm³/mol. The number of ether oxygens (including phenoxy) is 2. The van der Waals surface area contributed by atoms with Crippen LogP contribution in [0.25, 0.3) is 0 Å². The largest absolute Gasteiger partial charge is 0.391 e. The van der Waals surface area contributed by atoms with E-state index >= 15 is 0 Å². The first kappa shape index (κ1) is 18.8. The summed E-state index contributed by atoms with van der Waals surface area (Å²) in [5.41, 5.74) is 5.66. The molecule has 1 saturated carbocycles. The number of aliphatic hydroxyl groups excluding tert-OH is 1. The number of primary amides is 1. The third kappa shape index (κ3) is 4.80. The molecule has 2 fully saturated rings. The number of carbonyl (C=O) groups is 1. The van der Waals surface area contributed by atoms with Crippen LogP contribution in [0.15, 0.2) is 6.20 Å². The first-order valence-corrected chi connectivity index (χ1v) is 9.03. The van der Waals surface area contributed by atoms with E-state index < -0.39 is 12.0 Å². The first-order valence-electron chi connectivity index (χ1n) is 9.03. The predicted octanol–water partition coefficient (Wildman–Crippen LogP) is 0.507. The number of aromatic nitrogens is 2. The minimum absolute atomic E-state index is 0.142. The average molecular weight is 365 g/mol. The van der Waals surface area contributed by atoms with Gasteiger partial charge < -0.3 is 30.9 Å². The molecule has 2 aliphatic rings. The normalized spacial score (nSPS) is 29.2. The molecule has 0 spiro atoms. The van der Waals surface area contributed by atoms with Crippen molar-refractivity contribution in [2.45, 2.75) is 56.4 Å². The van der Waals surface area contributed by atoms with Gasteiger partial charge in [-0.25, -0.2) is 4.98 Å². The van der Waals surface area contributed by atoms with E-state index in [1.54, 1.807) is 7.11 Å². The van der Waals surface area contributed by atoms with Crippen LogP contribution in [0.4, 0.5) is 11.8 Å². The highest BCUT2D eigenvalue weighted by atomic mass is 16.5. The molecule has 0 aromatic carbocycles. The van der Waals surface area contributed by atoms with Crippen molar-refractivity contribution in [3.05, 3.63) is 11.8 Å². The van der Waals surface area contributed by atoms with Crippen LogP contribution in [0.1, 0.15) is 42.5 Å². The lowest BCUT2D eigenvalue weighted by Crippen LogP contribution is -2.38. The molecule has 144 valence electrons. The van der Waals surface area contributed by atoms with Gasteiger partial charge in [-0.2, -0.15) is 4.98 Å². The lowest BCUT2D eigenvalue weighted by Gasteiger charge is -2.29. The molecule has 2 atom stereocenters. The monoisotopic (exact) mass is 365 g/mol. The van der Waals surface area contributed by atoms with Crippen LogP contribution in [0.2, 0.25) is 0 Å². The zero-order chi connectivity index (χ0) is 18.5. The highest BCUT2D eigenvalue weighted by molar-refractivity contribution is 5.97. The molecule has 0 unspecified atom stereocenters. The Balaban J connectivity index is 1.68. The van der Waals surface area contributed by atoms with Crippen molar-refractivity contribution >= 4 is 17.7 Å². The molecule has 9 heteroatoms. The number of nitrogens with one attached hydrogen (secondary N) is 2. The fraction of sp³-hybridized carbons (Fsp3) is 0.706. The van der Waals surface area contributed by atoms with Crippen LogP contribution in [-0.2, 0) is 9.47 Å². The second-order valence-corrected chi connectivity index (χ2v) is 6.94. The summed E-state index contributed by atoms with van der Waals surface area (Å²) < 4.78 is 10.7. The Morgan fingerprint density at radius 3 is 2.69 bits per heavy atom. The Morgan fingerprint density at radius 2 is 2.04 bits per heavy atom. The van der Waals surface area contributed by atoms with Crippen molar-refractivity contribution in [3.63, 3.8) is 0 Å². The van der Waals surface area contributed by atoms with Crippen molar-refractivity contribution in [1.29, 1.82) is 0 Å². The summed E-state index contributed by atoms with van der Waals surface area (Å²) in [7, 11) is 1.74. The van der Waals surface area contributed by atoms with Gasteiger partial charge >= 0.3 is 0 Å². The van der Waals surface area contributed by atoms with Crippen LogP contribution in [0.5, 0.6) is 0 Å². The van der Waals surface area contributed by atoms with Crippen LogP contribution in [0.3, 0.4) is 0 Å². The Kier molecular flexibility index (Phi) is 6.23. The van der Waals surface area contributed by atoms with E-state index in [0.29, 0.717) is 37.5 Å². The molecule has 1 aliphatic heterocycles. The van der Waals surface area contributed by atoms with E-state index in [9.17, 15) is 9.90 Å². The van der Waals surface area contributed by atoms with Crippen molar-refractivity contribution in [1.82, 2.24) is 9.97 Å². The maximum Gasteiger partial charge on any atom is 0.254 e. The zero-order valence-corrected chi connectivity index (χ0v) is 15.0. The van der Waals surface area contributed by atoms with E-state index in [0.717, 1.165) is 25.7 Å². The van der Waals surface area contributed by atoms with Crippen molar-refractivity contribution in [2.75, 3.05) is 31.0 Å². The SMILES string of the molecule is COC1CCC(Nc2ncc(C(N)=O)c(N[C@@H]3COC[C@@H](O)C3)n2)CC1. The number of carbonyl (C=O) groups excluding carboxylic acids is 1. The summed E-state index contributed by atoms with van der Waals surface area (Å²) in [6.07, 6.45) is 5.68. The van der Waals surface area contributed by atoms with Crippen LogP contribution < -0.4 is 16.4 Å². The molecule has 9 nitrogen and oxygen atoms in total. The Morgan fingerprint density at radius 1 is 1.27 bits per heavy atom. The zero-order valence-electron chi connectivity index (χ0n) is 15.0. The smallest absolute Gasteiger partial charge is 0.254 e. The molecule has 2 heterocycles. The Hall–Kier alpha value is -1.97. The molecule has 3 rings (SSSR count). The molecule has 0 radical (unpaired) electrons. The molecule has 1 saturated heterocycles. The van der Waals surface area contributed by atoms with Gasteiger partial charge in [0, 0.05) is 19.3 Å². The van der Waals surface area contributed by atoms with Gasteiger partial charge in [-0.3, -0.25) is 4.79 Å². The summed E-state index contributed by atoms with van der Waals surface area (Å²) in [6.45, 7) is 0.755. The van der Waals surface area contributed by atoms with Gasteiger partial charge in [0.05, 0.1) is 37.0 Å². The fourth-order valence-corrected chi connectivity index (χ4v) is 3.47. The van der Waals surface area contributed by atoms with Crippen molar-refractivity contribution in [2.24, 2.45) is 5.73 Å². The van der Waals surface area contributed by atoms with Crippen LogP contribution in [0, 0.1) is 0 Å². The maximum atomic E-state index is 11.7. The molecule has 1 aromatic rings. The van der Waals surface area contributed by atoms with E-state index in [1.807, 2.05) is 0 Å². The molecule has 1 aliphatic carbocycles. The summed E-state index contributed by atoms with van der Waals surface area (Å²) in [5, 5.41) is 16.2. The molecule has 0 bridgehead atoms. The van der Waals surface area contributed by atoms with Crippen LogP contribution in [-0.4, -0.2) is 65.6 Å². The number of nitrogens with zero attached hydrogens (tertiary/aromatic N) is 2. The van der Waals surface area contributed by atoms with Crippen molar-refractivity contribution in [3.8, 4) is 0 Å². The lowest BCUT2D eigenvalue weighted by atomic mass is 9.93. The van der Waals surface area contributed by atoms with Gasteiger partial charge in [-0.1, -0.05) is 0 Å². The molecule has 1 amide bonds. The standard InChI is InChI=1S/C17H27N5O4/c1-25-13-4-2-10(3-5-13)21-17-19-7-14(15(18)24)16(22-17)20-11-6-12(23)9-26-8-11/h7,10-13,23H,2-6,8-9H2,1H3,(H2,18,24)(H2,19,20,21,22)/t10?,11-,12-,13?/m0/s1. The van der Waals surface area contributed by atoms with Gasteiger partial charge in [0.1, 0.15) is 5.82 Å². The molecule has 1 aromatic heterocycles. The first-order chi connectivity index (χ1) is 12.5. The molecule has 26 heavy (non-hydrogen) atoms. The third-order valence-electron chi connectivity index (χ3n) is 4.92. The summed E-state index contributed by atoms with van der Waals surface area (Å²) in [5.74, 6) is 0.218. The number of methoxy groups -OCH3 is 1. The van der Waals surface area contributed by atoms with E-state index in [-0.39, 0.29) is 17.6 Å². The van der Waals surface area contributed by atoms with E-state index in [4.69, 9.17) is 15.2 Å². The number of aliphatic hydroxyl groups is 1. The number of hydrogen-bond acceptors (Lipinski definition) is 8. The second kappa shape index (κ2) is 8.61. The minimum Gasteiger partial charge on any atom is -0.391 e. The average Bonchev–Trinajstić information content (AvgIpc) is 2.62. The minimum atomic E-state index is -0.600. The summed E-state index contributed by atoms with van der Waals surface area (Å²) in [6, 6.07) is 0.130. The second-order valence-electron chi connectivity index (χ2n) is 6.94. The number of rotatable bonds is 6. The van der Waals surface area contributed by atoms with Gasteiger partial charge in [-0.05, 0) is 32.1 Å². The quantitative estimate of drug-likeness (QED) is 0.573. The Labute approximate surface area is 152 Å². The topological polar surface area (TPSA) is 132 Å². The number of amides is 1. The van der Waals surface area contributed by atoms with Gasteiger partial charge in [0.15, 0.2) is 0 Å². The lowest BCUT2D eigenvalue weighted by molar-refractivity contribution is -0.0117. The Bertz CT molecular complexity index is 621. The summed E-state index contributed by atoms with van der Waals surface area (Å²) in [4.78, 5) is 20.4. The number of hydrogen-bond donors (Lipinski definition) is 4. The molecular weight excluding hydrogens is 338 g/mol. The highest BCUT2D eigenvalue weighted by Crippen LogP contribution is 2.24. The third-order valence-corrected chi connectivity index (χ3v) is 4.92. The van der Waals surface area contributed by atoms with Crippen molar-refractivity contribution < 1.29 is 19.4 Å². The van der Waals surface area contributed by atoms with E-state index in [2.05, 4.69) is 20.6 Å². The van der Waals surface area contributed by atoms with Crippen LogP contribution >= 0.6 is 0 Å². The molecule has 5 N–H and O–H groups in total. The maximum absolute atomic E-state index is 11.7. The van der Waals surface area contributed by atoms with Gasteiger partial charge in [-0.15, -0.1) is 0 Å². The number of nitrogens with two attached hydrogens (primary N) is 1. The molecular formula is C17H27N5O4.